The second-order valence-electron chi connectivity index (χ2n) is 7.31. The summed E-state index contributed by atoms with van der Waals surface area (Å²) in [7, 11) is 0. The van der Waals surface area contributed by atoms with E-state index in [1.807, 2.05) is 71.7 Å². The van der Waals surface area contributed by atoms with Gasteiger partial charge in [-0.25, -0.2) is 9.40 Å². The van der Waals surface area contributed by atoms with Crippen LogP contribution in [-0.4, -0.2) is 15.9 Å². The minimum Gasteiger partial charge on any atom is -0.238 e. The Bertz CT molecular complexity index is 1210. The normalized spacial score (nSPS) is 15.7. The summed E-state index contributed by atoms with van der Waals surface area (Å²) in [6.07, 6.45) is 0.662. The topological polar surface area (TPSA) is 41.4 Å². The molecule has 0 saturated carbocycles. The van der Waals surface area contributed by atoms with Crippen molar-refractivity contribution >= 4 is 23.1 Å². The van der Waals surface area contributed by atoms with Crippen molar-refractivity contribution in [2.24, 2.45) is 5.10 Å². The largest absolute Gasteiger partial charge is 0.238 e. The number of halogens is 2. The van der Waals surface area contributed by atoms with Crippen molar-refractivity contribution in [1.82, 2.24) is 10.2 Å². The number of anilines is 1. The summed E-state index contributed by atoms with van der Waals surface area (Å²) in [5.41, 5.74) is 4.67. The van der Waals surface area contributed by atoms with E-state index in [4.69, 9.17) is 16.7 Å². The first-order valence-corrected chi connectivity index (χ1v) is 10.3. The van der Waals surface area contributed by atoms with Crippen molar-refractivity contribution in [3.63, 3.8) is 0 Å². The Kier molecular flexibility index (Phi) is 5.18. The van der Waals surface area contributed by atoms with Gasteiger partial charge in [0.05, 0.1) is 17.4 Å². The fourth-order valence-corrected chi connectivity index (χ4v) is 3.82. The quantitative estimate of drug-likeness (QED) is 0.383. The van der Waals surface area contributed by atoms with Crippen LogP contribution in [-0.2, 0) is 0 Å². The van der Waals surface area contributed by atoms with Crippen LogP contribution in [0.2, 0.25) is 5.02 Å². The van der Waals surface area contributed by atoms with Crippen LogP contribution in [0.5, 0.6) is 0 Å². The van der Waals surface area contributed by atoms with Gasteiger partial charge in [-0.05, 0) is 47.5 Å². The molecule has 1 atom stereocenters. The van der Waals surface area contributed by atoms with Crippen LogP contribution in [0.4, 0.5) is 10.2 Å². The van der Waals surface area contributed by atoms with Gasteiger partial charge in [-0.1, -0.05) is 66.2 Å². The molecule has 1 unspecified atom stereocenters. The minimum atomic E-state index is -0.265. The van der Waals surface area contributed by atoms with Crippen LogP contribution >= 0.6 is 11.6 Å². The van der Waals surface area contributed by atoms with Crippen molar-refractivity contribution < 1.29 is 4.39 Å². The van der Waals surface area contributed by atoms with Crippen LogP contribution < -0.4 is 5.01 Å². The third-order valence-electron chi connectivity index (χ3n) is 5.30. The van der Waals surface area contributed by atoms with Gasteiger partial charge < -0.3 is 0 Å². The van der Waals surface area contributed by atoms with E-state index in [1.54, 1.807) is 12.1 Å². The number of hydrazone groups is 1. The SMILES string of the molecule is Fc1ccc(C2CC(c3ccc(Cl)cc3)=NN2c2ccc(-c3ccccc3)nn2)cc1. The highest BCUT2D eigenvalue weighted by Crippen LogP contribution is 2.36. The highest BCUT2D eigenvalue weighted by Gasteiger charge is 2.31. The molecule has 0 radical (unpaired) electrons. The molecule has 0 bridgehead atoms. The van der Waals surface area contributed by atoms with Gasteiger partial charge in [0.1, 0.15) is 5.82 Å². The van der Waals surface area contributed by atoms with Crippen molar-refractivity contribution in [2.45, 2.75) is 12.5 Å². The monoisotopic (exact) mass is 428 g/mol. The Morgan fingerprint density at radius 3 is 2.19 bits per heavy atom. The molecule has 0 aliphatic carbocycles. The van der Waals surface area contributed by atoms with Gasteiger partial charge in [0.2, 0.25) is 0 Å². The number of aromatic nitrogens is 2. The first kappa shape index (κ1) is 19.4. The molecule has 31 heavy (non-hydrogen) atoms. The molecule has 4 aromatic rings. The maximum absolute atomic E-state index is 13.5. The second-order valence-corrected chi connectivity index (χ2v) is 7.75. The van der Waals surface area contributed by atoms with Gasteiger partial charge in [-0.2, -0.15) is 5.10 Å². The van der Waals surface area contributed by atoms with E-state index >= 15 is 0 Å². The van der Waals surface area contributed by atoms with Gasteiger partial charge in [-0.15, -0.1) is 10.2 Å². The second kappa shape index (κ2) is 8.28. The Hall–Kier alpha value is -3.57. The fourth-order valence-electron chi connectivity index (χ4n) is 3.69. The third kappa shape index (κ3) is 4.05. The van der Waals surface area contributed by atoms with E-state index < -0.39 is 0 Å². The summed E-state index contributed by atoms with van der Waals surface area (Å²) < 4.78 is 13.5. The van der Waals surface area contributed by atoms with Crippen LogP contribution in [0.1, 0.15) is 23.6 Å². The summed E-state index contributed by atoms with van der Waals surface area (Å²) in [4.78, 5) is 0. The van der Waals surface area contributed by atoms with Crippen LogP contribution in [0.3, 0.4) is 0 Å². The number of hydrogen-bond acceptors (Lipinski definition) is 4. The Balaban J connectivity index is 1.51. The zero-order valence-corrected chi connectivity index (χ0v) is 17.2. The highest BCUT2D eigenvalue weighted by atomic mass is 35.5. The lowest BCUT2D eigenvalue weighted by Crippen LogP contribution is -2.20. The zero-order valence-electron chi connectivity index (χ0n) is 16.5. The van der Waals surface area contributed by atoms with E-state index in [0.29, 0.717) is 17.3 Å². The molecular weight excluding hydrogens is 411 g/mol. The molecule has 5 rings (SSSR count). The predicted octanol–water partition coefficient (Wildman–Crippen LogP) is 6.29. The number of rotatable bonds is 4. The standard InChI is InChI=1S/C25H18ClFN4/c26-20-10-6-18(7-11-20)23-16-24(19-8-12-21(27)13-9-19)31(30-23)25-15-14-22(28-29-25)17-4-2-1-3-5-17/h1-15,24H,16H2. The lowest BCUT2D eigenvalue weighted by Gasteiger charge is -2.22. The third-order valence-corrected chi connectivity index (χ3v) is 5.55. The van der Waals surface area contributed by atoms with E-state index in [9.17, 15) is 4.39 Å². The predicted molar refractivity (Wildman–Crippen MR) is 122 cm³/mol. The fraction of sp³-hybridized carbons (Fsp3) is 0.0800. The molecule has 0 N–H and O–H groups in total. The molecule has 4 nitrogen and oxygen atoms in total. The first-order valence-electron chi connectivity index (χ1n) is 9.95. The average Bonchev–Trinajstić information content (AvgIpc) is 3.26. The molecule has 3 aromatic carbocycles. The maximum atomic E-state index is 13.5. The maximum Gasteiger partial charge on any atom is 0.172 e. The van der Waals surface area contributed by atoms with Gasteiger partial charge in [0, 0.05) is 17.0 Å². The molecule has 0 saturated heterocycles. The van der Waals surface area contributed by atoms with Crippen molar-refractivity contribution in [2.75, 3.05) is 5.01 Å². The van der Waals surface area contributed by atoms with E-state index in [1.165, 1.54) is 12.1 Å². The molecule has 2 heterocycles. The Morgan fingerprint density at radius 1 is 0.774 bits per heavy atom. The smallest absolute Gasteiger partial charge is 0.172 e. The van der Waals surface area contributed by atoms with E-state index in [-0.39, 0.29) is 11.9 Å². The van der Waals surface area contributed by atoms with Crippen molar-refractivity contribution in [1.29, 1.82) is 0 Å². The van der Waals surface area contributed by atoms with Crippen LogP contribution in [0, 0.1) is 5.82 Å². The molecule has 1 aliphatic rings. The van der Waals surface area contributed by atoms with Gasteiger partial charge in [-0.3, -0.25) is 0 Å². The first-order chi connectivity index (χ1) is 15.2. The minimum absolute atomic E-state index is 0.108. The number of benzene rings is 3. The van der Waals surface area contributed by atoms with Gasteiger partial charge in [0.15, 0.2) is 5.82 Å². The molecule has 0 amide bonds. The lowest BCUT2D eigenvalue weighted by molar-refractivity contribution is 0.623. The Labute approximate surface area is 184 Å². The van der Waals surface area contributed by atoms with Gasteiger partial charge in [0.25, 0.3) is 0 Å². The van der Waals surface area contributed by atoms with Crippen molar-refractivity contribution in [3.05, 3.63) is 113 Å². The number of hydrogen-bond donors (Lipinski definition) is 0. The van der Waals surface area contributed by atoms with Crippen molar-refractivity contribution in [3.8, 4) is 11.3 Å². The highest BCUT2D eigenvalue weighted by molar-refractivity contribution is 6.30. The molecule has 1 aliphatic heterocycles. The summed E-state index contributed by atoms with van der Waals surface area (Å²) in [6, 6.07) is 27.8. The summed E-state index contributed by atoms with van der Waals surface area (Å²) in [5.74, 6) is 0.372. The Morgan fingerprint density at radius 2 is 1.52 bits per heavy atom. The number of nitrogens with zero attached hydrogens (tertiary/aromatic N) is 4. The van der Waals surface area contributed by atoms with E-state index in [2.05, 4.69) is 10.2 Å². The van der Waals surface area contributed by atoms with E-state index in [0.717, 1.165) is 28.1 Å². The van der Waals surface area contributed by atoms with Crippen LogP contribution in [0.15, 0.2) is 96.1 Å². The molecule has 0 fully saturated rings. The summed E-state index contributed by atoms with van der Waals surface area (Å²) >= 11 is 6.04. The lowest BCUT2D eigenvalue weighted by atomic mass is 9.98. The molecular formula is C25H18ClFN4. The zero-order chi connectivity index (χ0) is 21.2. The summed E-state index contributed by atoms with van der Waals surface area (Å²) in [6.45, 7) is 0. The average molecular weight is 429 g/mol. The summed E-state index contributed by atoms with van der Waals surface area (Å²) in [5, 5.41) is 16.2. The molecule has 0 spiro atoms. The van der Waals surface area contributed by atoms with Crippen LogP contribution in [0.25, 0.3) is 11.3 Å². The molecule has 6 heteroatoms. The molecule has 1 aromatic heterocycles. The molecule has 152 valence electrons. The van der Waals surface area contributed by atoms with Gasteiger partial charge >= 0.3 is 0 Å².